The molecule has 22 heavy (non-hydrogen) atoms. The van der Waals surface area contributed by atoms with Crippen LogP contribution in [0.5, 0.6) is 0 Å². The first-order chi connectivity index (χ1) is 10.6. The third-order valence-corrected chi connectivity index (χ3v) is 4.38. The molecule has 0 aliphatic rings. The fourth-order valence-corrected chi connectivity index (χ4v) is 3.06. The van der Waals surface area contributed by atoms with Crippen LogP contribution in [0.3, 0.4) is 0 Å². The van der Waals surface area contributed by atoms with Crippen molar-refractivity contribution in [2.24, 2.45) is 0 Å². The third-order valence-electron chi connectivity index (χ3n) is 3.13. The van der Waals surface area contributed by atoms with Crippen LogP contribution >= 0.6 is 23.4 Å². The van der Waals surface area contributed by atoms with Crippen LogP contribution in [0.4, 0.5) is 10.5 Å². The summed E-state index contributed by atoms with van der Waals surface area (Å²) in [5, 5.41) is 6.20. The second kappa shape index (κ2) is 8.71. The van der Waals surface area contributed by atoms with Crippen LogP contribution in [0.2, 0.25) is 5.02 Å². The van der Waals surface area contributed by atoms with Crippen molar-refractivity contribution in [2.45, 2.75) is 12.7 Å². The highest BCUT2D eigenvalue weighted by Crippen LogP contribution is 2.16. The van der Waals surface area contributed by atoms with Gasteiger partial charge >= 0.3 is 6.03 Å². The van der Waals surface area contributed by atoms with E-state index in [1.54, 1.807) is 24.3 Å². The molecule has 0 aliphatic heterocycles. The van der Waals surface area contributed by atoms with Gasteiger partial charge in [-0.05, 0) is 36.2 Å². The Kier molecular flexibility index (Phi) is 6.62. The highest BCUT2D eigenvalue weighted by molar-refractivity contribution is 7.98. The molecule has 0 saturated carbocycles. The van der Waals surface area contributed by atoms with Crippen LogP contribution in [-0.4, -0.2) is 18.3 Å². The maximum Gasteiger partial charge on any atom is 0.319 e. The Labute approximate surface area is 140 Å². The Morgan fingerprint density at radius 2 is 2.00 bits per heavy atom. The monoisotopic (exact) mass is 334 g/mol. The van der Waals surface area contributed by atoms with Crippen LogP contribution in [0.1, 0.15) is 11.1 Å². The van der Waals surface area contributed by atoms with Crippen LogP contribution in [0.25, 0.3) is 0 Å². The minimum Gasteiger partial charge on any atom is -0.337 e. The predicted molar refractivity (Wildman–Crippen MR) is 95.8 cm³/mol. The van der Waals surface area contributed by atoms with Crippen molar-refractivity contribution in [3.63, 3.8) is 0 Å². The lowest BCUT2D eigenvalue weighted by Gasteiger charge is -2.08. The van der Waals surface area contributed by atoms with Gasteiger partial charge in [-0.1, -0.05) is 41.9 Å². The lowest BCUT2D eigenvalue weighted by atomic mass is 10.1. The first kappa shape index (κ1) is 16.7. The summed E-state index contributed by atoms with van der Waals surface area (Å²) < 4.78 is 0. The number of aryl methyl sites for hydroxylation is 1. The Balaban J connectivity index is 1.64. The van der Waals surface area contributed by atoms with Gasteiger partial charge in [-0.2, -0.15) is 11.8 Å². The van der Waals surface area contributed by atoms with E-state index in [-0.39, 0.29) is 6.03 Å². The molecule has 0 atom stereocenters. The molecule has 0 spiro atoms. The number of benzene rings is 2. The van der Waals surface area contributed by atoms with Crippen molar-refractivity contribution in [3.05, 3.63) is 64.7 Å². The number of rotatable bonds is 6. The molecule has 2 N–H and O–H groups in total. The van der Waals surface area contributed by atoms with Crippen LogP contribution in [-0.2, 0) is 5.75 Å². The molecule has 0 aromatic heterocycles. The third kappa shape index (κ3) is 5.62. The summed E-state index contributed by atoms with van der Waals surface area (Å²) in [6, 6.07) is 15.2. The fourth-order valence-electron chi connectivity index (χ4n) is 1.93. The van der Waals surface area contributed by atoms with Gasteiger partial charge in [0.05, 0.1) is 0 Å². The van der Waals surface area contributed by atoms with E-state index in [1.165, 1.54) is 11.1 Å². The maximum atomic E-state index is 11.7. The van der Waals surface area contributed by atoms with Crippen molar-refractivity contribution >= 4 is 35.1 Å². The zero-order valence-corrected chi connectivity index (χ0v) is 14.0. The smallest absolute Gasteiger partial charge is 0.319 e. The summed E-state index contributed by atoms with van der Waals surface area (Å²) in [6.45, 7) is 2.75. The van der Waals surface area contributed by atoms with Gasteiger partial charge in [0.2, 0.25) is 0 Å². The van der Waals surface area contributed by atoms with Gasteiger partial charge in [0.1, 0.15) is 0 Å². The summed E-state index contributed by atoms with van der Waals surface area (Å²) in [5.41, 5.74) is 3.34. The number of halogens is 1. The van der Waals surface area contributed by atoms with E-state index >= 15 is 0 Å². The quantitative estimate of drug-likeness (QED) is 0.751. The van der Waals surface area contributed by atoms with E-state index in [1.807, 2.05) is 17.8 Å². The second-order valence-corrected chi connectivity index (χ2v) is 6.41. The number of hydrogen-bond acceptors (Lipinski definition) is 2. The average molecular weight is 335 g/mol. The number of carbonyl (C=O) groups is 1. The molecule has 116 valence electrons. The van der Waals surface area contributed by atoms with Crippen LogP contribution in [0.15, 0.2) is 48.5 Å². The van der Waals surface area contributed by atoms with Gasteiger partial charge in [-0.3, -0.25) is 0 Å². The molecular formula is C17H19ClN2OS. The standard InChI is InChI=1S/C17H19ClN2OS/c1-13-5-2-3-6-14(13)12-22-10-9-19-17(21)20-16-8-4-7-15(18)11-16/h2-8,11H,9-10,12H2,1H3,(H2,19,20,21). The molecule has 2 aromatic rings. The average Bonchev–Trinajstić information content (AvgIpc) is 2.48. The zero-order valence-electron chi connectivity index (χ0n) is 12.4. The number of nitrogens with one attached hydrogen (secondary N) is 2. The molecule has 0 unspecified atom stereocenters. The summed E-state index contributed by atoms with van der Waals surface area (Å²) in [4.78, 5) is 11.7. The van der Waals surface area contributed by atoms with Gasteiger partial charge in [-0.15, -0.1) is 0 Å². The van der Waals surface area contributed by atoms with Crippen LogP contribution in [0, 0.1) is 6.92 Å². The number of urea groups is 1. The Hall–Kier alpha value is -1.65. The molecule has 5 heteroatoms. The highest BCUT2D eigenvalue weighted by atomic mass is 35.5. The molecule has 0 saturated heterocycles. The van der Waals surface area contributed by atoms with Gasteiger partial charge < -0.3 is 10.6 Å². The molecule has 0 aliphatic carbocycles. The second-order valence-electron chi connectivity index (χ2n) is 4.87. The Morgan fingerprint density at radius 1 is 1.18 bits per heavy atom. The van der Waals surface area contributed by atoms with E-state index in [0.717, 1.165) is 11.5 Å². The van der Waals surface area contributed by atoms with Crippen molar-refractivity contribution in [2.75, 3.05) is 17.6 Å². The van der Waals surface area contributed by atoms with Gasteiger partial charge in [-0.25, -0.2) is 4.79 Å². The minimum absolute atomic E-state index is 0.209. The van der Waals surface area contributed by atoms with E-state index in [9.17, 15) is 4.79 Å². The minimum atomic E-state index is -0.209. The SMILES string of the molecule is Cc1ccccc1CSCCNC(=O)Nc1cccc(Cl)c1. The van der Waals surface area contributed by atoms with E-state index in [2.05, 4.69) is 35.8 Å². The zero-order chi connectivity index (χ0) is 15.8. The first-order valence-corrected chi connectivity index (χ1v) is 8.61. The van der Waals surface area contributed by atoms with Crippen molar-refractivity contribution < 1.29 is 4.79 Å². The first-order valence-electron chi connectivity index (χ1n) is 7.08. The normalized spacial score (nSPS) is 10.3. The number of hydrogen-bond donors (Lipinski definition) is 2. The lowest BCUT2D eigenvalue weighted by molar-refractivity contribution is 0.252. The summed E-state index contributed by atoms with van der Waals surface area (Å²) in [6.07, 6.45) is 0. The summed E-state index contributed by atoms with van der Waals surface area (Å²) in [7, 11) is 0. The summed E-state index contributed by atoms with van der Waals surface area (Å²) in [5.74, 6) is 1.83. The van der Waals surface area contributed by atoms with Gasteiger partial charge in [0.15, 0.2) is 0 Å². The predicted octanol–water partition coefficient (Wildman–Crippen LogP) is 4.70. The van der Waals surface area contributed by atoms with Crippen molar-refractivity contribution in [1.29, 1.82) is 0 Å². The molecule has 0 radical (unpaired) electrons. The number of amides is 2. The molecule has 2 amide bonds. The Bertz CT molecular complexity index is 634. The number of thioether (sulfide) groups is 1. The van der Waals surface area contributed by atoms with Crippen LogP contribution < -0.4 is 10.6 Å². The van der Waals surface area contributed by atoms with E-state index in [0.29, 0.717) is 17.3 Å². The number of anilines is 1. The fraction of sp³-hybridized carbons (Fsp3) is 0.235. The topological polar surface area (TPSA) is 41.1 Å². The molecule has 3 nitrogen and oxygen atoms in total. The highest BCUT2D eigenvalue weighted by Gasteiger charge is 2.02. The Morgan fingerprint density at radius 3 is 2.77 bits per heavy atom. The summed E-state index contributed by atoms with van der Waals surface area (Å²) >= 11 is 7.68. The molecule has 0 heterocycles. The molecular weight excluding hydrogens is 316 g/mol. The van der Waals surface area contributed by atoms with Gasteiger partial charge in [0, 0.05) is 28.8 Å². The molecule has 0 fully saturated rings. The van der Waals surface area contributed by atoms with Crippen molar-refractivity contribution in [3.8, 4) is 0 Å². The largest absolute Gasteiger partial charge is 0.337 e. The molecule has 2 rings (SSSR count). The van der Waals surface area contributed by atoms with Gasteiger partial charge in [0.25, 0.3) is 0 Å². The molecule has 2 aromatic carbocycles. The molecule has 0 bridgehead atoms. The number of carbonyl (C=O) groups excluding carboxylic acids is 1. The lowest BCUT2D eigenvalue weighted by Crippen LogP contribution is -2.30. The van der Waals surface area contributed by atoms with E-state index in [4.69, 9.17) is 11.6 Å². The maximum absolute atomic E-state index is 11.7. The van der Waals surface area contributed by atoms with E-state index < -0.39 is 0 Å². The van der Waals surface area contributed by atoms with Crippen molar-refractivity contribution in [1.82, 2.24) is 5.32 Å².